The summed E-state index contributed by atoms with van der Waals surface area (Å²) in [5, 5.41) is -0.0485. The summed E-state index contributed by atoms with van der Waals surface area (Å²) in [5.41, 5.74) is -0.648. The van der Waals surface area contributed by atoms with E-state index in [0.29, 0.717) is 5.52 Å². The maximum atomic E-state index is 14.5. The number of nitrogens with zero attached hydrogens (tertiary/aromatic N) is 4. The standard InChI is InChI=1S/C14H17ClFN5O3/c1-14(2,3)24-13(23)20-5-7(16)9(6-20)21-10-8(18-12(21)22)4-17-11(15)19-10/h4,7,9H,5-6H2,1-3H3,(H,18,22)/t7-,9-/m1/s1. The summed E-state index contributed by atoms with van der Waals surface area (Å²) < 4.78 is 20.9. The van der Waals surface area contributed by atoms with Gasteiger partial charge in [0.1, 0.15) is 17.3 Å². The number of imidazole rings is 1. The number of hydrogen-bond donors (Lipinski definition) is 1. The number of ether oxygens (including phenoxy) is 1. The van der Waals surface area contributed by atoms with Crippen LogP contribution >= 0.6 is 11.6 Å². The Labute approximate surface area is 141 Å². The van der Waals surface area contributed by atoms with Crippen molar-refractivity contribution in [3.63, 3.8) is 0 Å². The van der Waals surface area contributed by atoms with E-state index in [2.05, 4.69) is 15.0 Å². The fraction of sp³-hybridized carbons (Fsp3) is 0.571. The number of hydrogen-bond acceptors (Lipinski definition) is 5. The van der Waals surface area contributed by atoms with Gasteiger partial charge >= 0.3 is 11.8 Å². The summed E-state index contributed by atoms with van der Waals surface area (Å²) in [6, 6.07) is -0.871. The van der Waals surface area contributed by atoms with Crippen molar-refractivity contribution in [2.45, 2.75) is 38.6 Å². The number of amides is 1. The van der Waals surface area contributed by atoms with Gasteiger partial charge in [0.25, 0.3) is 0 Å². The van der Waals surface area contributed by atoms with Gasteiger partial charge in [-0.25, -0.2) is 19.0 Å². The SMILES string of the molecule is CC(C)(C)OC(=O)N1C[C@@H](F)[C@H](n2c(=O)[nH]c3cnc(Cl)nc32)C1. The summed E-state index contributed by atoms with van der Waals surface area (Å²) in [6.07, 6.45) is -0.688. The molecule has 2 atom stereocenters. The van der Waals surface area contributed by atoms with Gasteiger partial charge in [0.15, 0.2) is 5.65 Å². The van der Waals surface area contributed by atoms with Crippen LogP contribution in [-0.4, -0.2) is 55.4 Å². The van der Waals surface area contributed by atoms with Crippen molar-refractivity contribution in [1.29, 1.82) is 0 Å². The molecular formula is C14H17ClFN5O3. The summed E-state index contributed by atoms with van der Waals surface area (Å²) in [4.78, 5) is 35.9. The Hall–Kier alpha value is -2.16. The lowest BCUT2D eigenvalue weighted by Gasteiger charge is -2.24. The molecule has 0 radical (unpaired) electrons. The molecule has 8 nitrogen and oxygen atoms in total. The molecule has 2 aromatic heterocycles. The van der Waals surface area contributed by atoms with Gasteiger partial charge in [-0.15, -0.1) is 0 Å². The first-order valence-electron chi connectivity index (χ1n) is 7.40. The van der Waals surface area contributed by atoms with Crippen LogP contribution in [0.15, 0.2) is 11.0 Å². The van der Waals surface area contributed by atoms with E-state index in [-0.39, 0.29) is 24.0 Å². The van der Waals surface area contributed by atoms with Crippen molar-refractivity contribution in [3.05, 3.63) is 22.0 Å². The molecule has 1 fully saturated rings. The number of carbonyl (C=O) groups is 1. The van der Waals surface area contributed by atoms with Crippen molar-refractivity contribution < 1.29 is 13.9 Å². The number of carbonyl (C=O) groups excluding carboxylic acids is 1. The second-order valence-corrected chi connectivity index (χ2v) is 6.98. The first-order valence-corrected chi connectivity index (χ1v) is 7.78. The van der Waals surface area contributed by atoms with Crippen molar-refractivity contribution in [1.82, 2.24) is 24.4 Å². The Bertz CT molecular complexity index is 843. The van der Waals surface area contributed by atoms with Crippen molar-refractivity contribution in [2.24, 2.45) is 0 Å². The Kier molecular flexibility index (Phi) is 3.98. The number of rotatable bonds is 1. The molecule has 0 aromatic carbocycles. The smallest absolute Gasteiger partial charge is 0.410 e. The van der Waals surface area contributed by atoms with Crippen molar-refractivity contribution in [3.8, 4) is 0 Å². The highest BCUT2D eigenvalue weighted by Crippen LogP contribution is 2.27. The molecule has 1 amide bonds. The molecule has 3 rings (SSSR count). The van der Waals surface area contributed by atoms with E-state index in [1.165, 1.54) is 15.7 Å². The third-order valence-corrected chi connectivity index (χ3v) is 3.81. The average Bonchev–Trinajstić information content (AvgIpc) is 2.96. The van der Waals surface area contributed by atoms with E-state index in [0.717, 1.165) is 0 Å². The molecule has 2 aromatic rings. The van der Waals surface area contributed by atoms with E-state index in [9.17, 15) is 14.0 Å². The van der Waals surface area contributed by atoms with Gasteiger partial charge in [-0.05, 0) is 32.4 Å². The van der Waals surface area contributed by atoms with Gasteiger partial charge in [-0.1, -0.05) is 0 Å². The highest BCUT2D eigenvalue weighted by Gasteiger charge is 2.40. The number of nitrogens with one attached hydrogen (secondary N) is 1. The van der Waals surface area contributed by atoms with Gasteiger partial charge in [0, 0.05) is 6.54 Å². The van der Waals surface area contributed by atoms with Crippen LogP contribution in [0, 0.1) is 0 Å². The molecule has 0 spiro atoms. The zero-order chi connectivity index (χ0) is 17.6. The highest BCUT2D eigenvalue weighted by atomic mass is 35.5. The number of likely N-dealkylation sites (tertiary alicyclic amines) is 1. The monoisotopic (exact) mass is 357 g/mol. The number of H-pyrrole nitrogens is 1. The Balaban J connectivity index is 1.91. The summed E-state index contributed by atoms with van der Waals surface area (Å²) >= 11 is 5.76. The second kappa shape index (κ2) is 5.73. The molecule has 1 saturated heterocycles. The molecule has 0 unspecified atom stereocenters. The number of aromatic amines is 1. The van der Waals surface area contributed by atoms with Crippen LogP contribution in [0.4, 0.5) is 9.18 Å². The van der Waals surface area contributed by atoms with Crippen LogP contribution < -0.4 is 5.69 Å². The van der Waals surface area contributed by atoms with E-state index in [1.54, 1.807) is 20.8 Å². The van der Waals surface area contributed by atoms with Gasteiger partial charge in [0.05, 0.1) is 18.8 Å². The van der Waals surface area contributed by atoms with E-state index < -0.39 is 29.6 Å². The summed E-state index contributed by atoms with van der Waals surface area (Å²) in [7, 11) is 0. The fourth-order valence-corrected chi connectivity index (χ4v) is 2.80. The van der Waals surface area contributed by atoms with E-state index in [4.69, 9.17) is 16.3 Å². The third kappa shape index (κ3) is 3.08. The van der Waals surface area contributed by atoms with Gasteiger partial charge in [0.2, 0.25) is 5.28 Å². The number of aromatic nitrogens is 4. The minimum Gasteiger partial charge on any atom is -0.444 e. The van der Waals surface area contributed by atoms with Gasteiger partial charge in [-0.3, -0.25) is 4.57 Å². The first kappa shape index (κ1) is 16.7. The van der Waals surface area contributed by atoms with Gasteiger partial charge < -0.3 is 14.6 Å². The second-order valence-electron chi connectivity index (χ2n) is 6.65. The minimum atomic E-state index is -1.43. The Morgan fingerprint density at radius 1 is 1.46 bits per heavy atom. The number of fused-ring (bicyclic) bond motifs is 1. The summed E-state index contributed by atoms with van der Waals surface area (Å²) in [5.74, 6) is 0. The van der Waals surface area contributed by atoms with Crippen LogP contribution in [0.3, 0.4) is 0 Å². The van der Waals surface area contributed by atoms with Crippen LogP contribution in [0.5, 0.6) is 0 Å². The zero-order valence-electron chi connectivity index (χ0n) is 13.4. The summed E-state index contributed by atoms with van der Waals surface area (Å²) in [6.45, 7) is 5.04. The first-order chi connectivity index (χ1) is 11.2. The quantitative estimate of drug-likeness (QED) is 0.787. The molecule has 0 bridgehead atoms. The lowest BCUT2D eigenvalue weighted by molar-refractivity contribution is 0.0281. The predicted molar refractivity (Wildman–Crippen MR) is 84.9 cm³/mol. The topological polar surface area (TPSA) is 93.1 Å². The molecule has 1 aliphatic rings. The minimum absolute atomic E-state index is 0.00453. The predicted octanol–water partition coefficient (Wildman–Crippen LogP) is 1.90. The van der Waals surface area contributed by atoms with E-state index in [1.807, 2.05) is 0 Å². The number of halogens is 2. The molecule has 1 N–H and O–H groups in total. The highest BCUT2D eigenvalue weighted by molar-refractivity contribution is 6.28. The zero-order valence-corrected chi connectivity index (χ0v) is 14.2. The number of alkyl halides is 1. The Morgan fingerprint density at radius 3 is 2.83 bits per heavy atom. The molecular weight excluding hydrogens is 341 g/mol. The molecule has 3 heterocycles. The molecule has 0 saturated carbocycles. The van der Waals surface area contributed by atoms with Crippen LogP contribution in [-0.2, 0) is 4.74 Å². The fourth-order valence-electron chi connectivity index (χ4n) is 2.67. The molecule has 130 valence electrons. The van der Waals surface area contributed by atoms with Crippen molar-refractivity contribution >= 4 is 28.9 Å². The van der Waals surface area contributed by atoms with Crippen molar-refractivity contribution in [2.75, 3.05) is 13.1 Å². The Morgan fingerprint density at radius 2 is 2.17 bits per heavy atom. The third-order valence-electron chi connectivity index (χ3n) is 3.63. The van der Waals surface area contributed by atoms with Crippen LogP contribution in [0.2, 0.25) is 5.28 Å². The maximum absolute atomic E-state index is 14.5. The molecule has 0 aliphatic carbocycles. The molecule has 1 aliphatic heterocycles. The van der Waals surface area contributed by atoms with Crippen LogP contribution in [0.25, 0.3) is 11.2 Å². The maximum Gasteiger partial charge on any atom is 0.410 e. The average molecular weight is 358 g/mol. The largest absolute Gasteiger partial charge is 0.444 e. The normalized spacial score (nSPS) is 21.5. The van der Waals surface area contributed by atoms with Crippen LogP contribution in [0.1, 0.15) is 26.8 Å². The lowest BCUT2D eigenvalue weighted by Crippen LogP contribution is -2.36. The van der Waals surface area contributed by atoms with E-state index >= 15 is 0 Å². The lowest BCUT2D eigenvalue weighted by atomic mass is 10.2. The van der Waals surface area contributed by atoms with Gasteiger partial charge in [-0.2, -0.15) is 4.98 Å². The molecule has 10 heteroatoms. The molecule has 24 heavy (non-hydrogen) atoms.